The summed E-state index contributed by atoms with van der Waals surface area (Å²) in [5.41, 5.74) is 2.86. The van der Waals surface area contributed by atoms with Gasteiger partial charge < -0.3 is 10.2 Å². The molecule has 1 saturated heterocycles. The second-order valence-electron chi connectivity index (χ2n) is 5.76. The minimum Gasteiger partial charge on any atom is -0.312 e. The van der Waals surface area contributed by atoms with Gasteiger partial charge in [-0.2, -0.15) is 0 Å². The number of benzene rings is 1. The van der Waals surface area contributed by atoms with Gasteiger partial charge in [0.05, 0.1) is 6.42 Å². The van der Waals surface area contributed by atoms with Gasteiger partial charge in [0, 0.05) is 24.8 Å². The molecule has 1 N–H and O–H groups in total. The molecule has 2 aromatic rings. The maximum absolute atomic E-state index is 12.1. The Hall–Kier alpha value is -2.69. The molecule has 1 aromatic carbocycles. The van der Waals surface area contributed by atoms with Crippen molar-refractivity contribution in [3.05, 3.63) is 53.7 Å². The lowest BCUT2D eigenvalue weighted by atomic mass is 10.1. The first kappa shape index (κ1) is 15.2. The highest BCUT2D eigenvalue weighted by Gasteiger charge is 2.21. The summed E-state index contributed by atoms with van der Waals surface area (Å²) in [5.74, 6) is 0.628. The van der Waals surface area contributed by atoms with Gasteiger partial charge >= 0.3 is 0 Å². The van der Waals surface area contributed by atoms with Crippen LogP contribution < -0.4 is 10.2 Å². The van der Waals surface area contributed by atoms with E-state index in [1.807, 2.05) is 43.3 Å². The molecule has 5 heteroatoms. The highest BCUT2D eigenvalue weighted by Crippen LogP contribution is 2.21. The Morgan fingerprint density at radius 3 is 2.70 bits per heavy atom. The Kier molecular flexibility index (Phi) is 4.37. The third kappa shape index (κ3) is 3.74. The van der Waals surface area contributed by atoms with Crippen LogP contribution in [0.1, 0.15) is 24.0 Å². The van der Waals surface area contributed by atoms with Gasteiger partial charge in [-0.1, -0.05) is 12.1 Å². The average Bonchev–Trinajstić information content (AvgIpc) is 2.94. The summed E-state index contributed by atoms with van der Waals surface area (Å²) in [6.07, 6.45) is 3.48. The van der Waals surface area contributed by atoms with Gasteiger partial charge in [0.25, 0.3) is 0 Å². The molecule has 0 spiro atoms. The third-order valence-electron chi connectivity index (χ3n) is 3.87. The van der Waals surface area contributed by atoms with E-state index in [1.54, 1.807) is 11.1 Å². The number of nitrogens with zero attached hydrogens (tertiary/aromatic N) is 2. The van der Waals surface area contributed by atoms with Crippen molar-refractivity contribution in [2.75, 3.05) is 16.8 Å². The van der Waals surface area contributed by atoms with E-state index < -0.39 is 0 Å². The molecule has 0 radical (unpaired) electrons. The first-order chi connectivity index (χ1) is 11.1. The normalized spacial score (nSPS) is 14.1. The minimum absolute atomic E-state index is 0.104. The first-order valence-corrected chi connectivity index (χ1v) is 7.73. The quantitative estimate of drug-likeness (QED) is 0.944. The van der Waals surface area contributed by atoms with Crippen molar-refractivity contribution in [3.63, 3.8) is 0 Å². The molecule has 118 valence electrons. The zero-order valence-corrected chi connectivity index (χ0v) is 13.1. The second kappa shape index (κ2) is 6.60. The van der Waals surface area contributed by atoms with Crippen molar-refractivity contribution in [1.82, 2.24) is 4.98 Å². The molecule has 0 saturated carbocycles. The Bertz CT molecular complexity index is 725. The SMILES string of the molecule is Cc1ccnc(NC(=O)Cc2ccc(N3CCCC3=O)cc2)c1. The molecule has 0 unspecified atom stereocenters. The minimum atomic E-state index is -0.104. The number of aromatic nitrogens is 1. The Balaban J connectivity index is 1.61. The van der Waals surface area contributed by atoms with Crippen molar-refractivity contribution in [3.8, 4) is 0 Å². The van der Waals surface area contributed by atoms with Crippen molar-refractivity contribution in [2.45, 2.75) is 26.2 Å². The maximum Gasteiger partial charge on any atom is 0.229 e. The Morgan fingerprint density at radius 1 is 1.26 bits per heavy atom. The van der Waals surface area contributed by atoms with Gasteiger partial charge in [0.1, 0.15) is 5.82 Å². The number of hydrogen-bond acceptors (Lipinski definition) is 3. The van der Waals surface area contributed by atoms with Crippen molar-refractivity contribution >= 4 is 23.3 Å². The number of rotatable bonds is 4. The predicted octanol–water partition coefficient (Wildman–Crippen LogP) is 2.70. The third-order valence-corrected chi connectivity index (χ3v) is 3.87. The topological polar surface area (TPSA) is 62.3 Å². The zero-order chi connectivity index (χ0) is 16.2. The van der Waals surface area contributed by atoms with Crippen molar-refractivity contribution in [1.29, 1.82) is 0 Å². The number of nitrogens with one attached hydrogen (secondary N) is 1. The van der Waals surface area contributed by atoms with Crippen LogP contribution in [0.3, 0.4) is 0 Å². The molecule has 1 aliphatic rings. The second-order valence-corrected chi connectivity index (χ2v) is 5.76. The van der Waals surface area contributed by atoms with Gasteiger partial charge in [-0.05, 0) is 48.7 Å². The van der Waals surface area contributed by atoms with Gasteiger partial charge in [0.15, 0.2) is 0 Å². The summed E-state index contributed by atoms with van der Waals surface area (Å²) in [7, 11) is 0. The highest BCUT2D eigenvalue weighted by atomic mass is 16.2. The number of aryl methyl sites for hydroxylation is 1. The van der Waals surface area contributed by atoms with Crippen LogP contribution in [-0.2, 0) is 16.0 Å². The largest absolute Gasteiger partial charge is 0.312 e. The van der Waals surface area contributed by atoms with E-state index in [4.69, 9.17) is 0 Å². The van der Waals surface area contributed by atoms with Crippen molar-refractivity contribution in [2.24, 2.45) is 0 Å². The summed E-state index contributed by atoms with van der Waals surface area (Å²) < 4.78 is 0. The van der Waals surface area contributed by atoms with E-state index in [0.717, 1.165) is 29.8 Å². The van der Waals surface area contributed by atoms with Gasteiger partial charge in [-0.25, -0.2) is 4.98 Å². The fourth-order valence-electron chi connectivity index (χ4n) is 2.69. The summed E-state index contributed by atoms with van der Waals surface area (Å²) in [6, 6.07) is 11.3. The van der Waals surface area contributed by atoms with Gasteiger partial charge in [-0.3, -0.25) is 9.59 Å². The fraction of sp³-hybridized carbons (Fsp3) is 0.278. The Labute approximate surface area is 135 Å². The molecule has 5 nitrogen and oxygen atoms in total. The highest BCUT2D eigenvalue weighted by molar-refractivity contribution is 5.95. The average molecular weight is 309 g/mol. The molecule has 1 aromatic heterocycles. The number of amides is 2. The number of carbonyl (C=O) groups excluding carboxylic acids is 2. The molecule has 3 rings (SSSR count). The van der Waals surface area contributed by atoms with Crippen LogP contribution >= 0.6 is 0 Å². The summed E-state index contributed by atoms with van der Waals surface area (Å²) in [5, 5.41) is 2.79. The molecule has 2 amide bonds. The fourth-order valence-corrected chi connectivity index (χ4v) is 2.69. The molecular formula is C18H19N3O2. The van der Waals surface area contributed by atoms with E-state index in [2.05, 4.69) is 10.3 Å². The number of hydrogen-bond donors (Lipinski definition) is 1. The molecule has 1 aliphatic heterocycles. The standard InChI is InChI=1S/C18H19N3O2/c1-13-8-9-19-16(11-13)20-17(22)12-14-4-6-15(7-5-14)21-10-2-3-18(21)23/h4-9,11H,2-3,10,12H2,1H3,(H,19,20,22). The monoisotopic (exact) mass is 309 g/mol. The summed E-state index contributed by atoms with van der Waals surface area (Å²) in [4.78, 5) is 29.7. The Morgan fingerprint density at radius 2 is 2.04 bits per heavy atom. The van der Waals surface area contributed by atoms with E-state index >= 15 is 0 Å². The van der Waals surface area contributed by atoms with E-state index in [1.165, 1.54) is 0 Å². The van der Waals surface area contributed by atoms with Crippen LogP contribution in [0.15, 0.2) is 42.6 Å². The lowest BCUT2D eigenvalue weighted by Gasteiger charge is -2.15. The molecule has 0 bridgehead atoms. The maximum atomic E-state index is 12.1. The molecule has 2 heterocycles. The lowest BCUT2D eigenvalue weighted by Crippen LogP contribution is -2.23. The van der Waals surface area contributed by atoms with E-state index in [0.29, 0.717) is 12.2 Å². The molecule has 0 atom stereocenters. The summed E-state index contributed by atoms with van der Waals surface area (Å²) in [6.45, 7) is 2.73. The van der Waals surface area contributed by atoms with E-state index in [-0.39, 0.29) is 18.2 Å². The molecular weight excluding hydrogens is 290 g/mol. The first-order valence-electron chi connectivity index (χ1n) is 7.73. The van der Waals surface area contributed by atoms with Crippen LogP contribution in [-0.4, -0.2) is 23.3 Å². The number of carbonyl (C=O) groups is 2. The lowest BCUT2D eigenvalue weighted by molar-refractivity contribution is -0.117. The molecule has 1 fully saturated rings. The number of anilines is 2. The summed E-state index contributed by atoms with van der Waals surface area (Å²) >= 11 is 0. The number of pyridine rings is 1. The molecule has 0 aliphatic carbocycles. The smallest absolute Gasteiger partial charge is 0.229 e. The van der Waals surface area contributed by atoms with E-state index in [9.17, 15) is 9.59 Å². The van der Waals surface area contributed by atoms with Crippen molar-refractivity contribution < 1.29 is 9.59 Å². The van der Waals surface area contributed by atoms with Crippen LogP contribution in [0, 0.1) is 6.92 Å². The van der Waals surface area contributed by atoms with Crippen LogP contribution in [0.5, 0.6) is 0 Å². The van der Waals surface area contributed by atoms with Crippen LogP contribution in [0.2, 0.25) is 0 Å². The van der Waals surface area contributed by atoms with Crippen LogP contribution in [0.4, 0.5) is 11.5 Å². The van der Waals surface area contributed by atoms with Gasteiger partial charge in [-0.15, -0.1) is 0 Å². The van der Waals surface area contributed by atoms with Crippen LogP contribution in [0.25, 0.3) is 0 Å². The van der Waals surface area contributed by atoms with Gasteiger partial charge in [0.2, 0.25) is 11.8 Å². The predicted molar refractivity (Wildman–Crippen MR) is 89.3 cm³/mol. The zero-order valence-electron chi connectivity index (χ0n) is 13.1. The molecule has 23 heavy (non-hydrogen) atoms.